The molecule has 0 saturated carbocycles. The number of carbonyl (C=O) groups is 1. The van der Waals surface area contributed by atoms with Crippen molar-refractivity contribution in [3.05, 3.63) is 48.0 Å². The molecule has 2 rings (SSSR count). The van der Waals surface area contributed by atoms with Crippen LogP contribution in [0.2, 0.25) is 0 Å². The molecule has 0 heterocycles. The third-order valence-electron chi connectivity index (χ3n) is 3.56. The molecule has 0 spiro atoms. The summed E-state index contributed by atoms with van der Waals surface area (Å²) in [6.45, 7) is 4.48. The Kier molecular flexibility index (Phi) is 2.95. The summed E-state index contributed by atoms with van der Waals surface area (Å²) in [6.07, 6.45) is 6.22. The fourth-order valence-electron chi connectivity index (χ4n) is 2.49. The number of hydrogen-bond donors (Lipinski definition) is 0. The third-order valence-corrected chi connectivity index (χ3v) is 3.56. The van der Waals surface area contributed by atoms with Crippen LogP contribution in [0, 0.1) is 11.3 Å². The van der Waals surface area contributed by atoms with Crippen LogP contribution in [0.25, 0.3) is 0 Å². The SMILES string of the molecule is CC1(C)C=CC(C=O)CC1c1ccccc1. The maximum Gasteiger partial charge on any atom is 0.126 e. The summed E-state index contributed by atoms with van der Waals surface area (Å²) in [6, 6.07) is 10.5. The van der Waals surface area contributed by atoms with Crippen LogP contribution in [0.1, 0.15) is 31.7 Å². The van der Waals surface area contributed by atoms with Crippen molar-refractivity contribution >= 4 is 6.29 Å². The summed E-state index contributed by atoms with van der Waals surface area (Å²) >= 11 is 0. The van der Waals surface area contributed by atoms with E-state index in [-0.39, 0.29) is 11.3 Å². The predicted molar refractivity (Wildman–Crippen MR) is 66.3 cm³/mol. The zero-order chi connectivity index (χ0) is 11.6. The number of aldehydes is 1. The first-order valence-corrected chi connectivity index (χ1v) is 5.83. The Morgan fingerprint density at radius 3 is 2.56 bits per heavy atom. The lowest BCUT2D eigenvalue weighted by Gasteiger charge is -2.37. The van der Waals surface area contributed by atoms with Crippen molar-refractivity contribution < 1.29 is 4.79 Å². The highest BCUT2D eigenvalue weighted by atomic mass is 16.1. The smallest absolute Gasteiger partial charge is 0.126 e. The monoisotopic (exact) mass is 214 g/mol. The molecule has 1 aliphatic carbocycles. The van der Waals surface area contributed by atoms with E-state index in [4.69, 9.17) is 0 Å². The van der Waals surface area contributed by atoms with Crippen LogP contribution in [-0.2, 0) is 4.79 Å². The van der Waals surface area contributed by atoms with Crippen LogP contribution >= 0.6 is 0 Å². The second-order valence-corrected chi connectivity index (χ2v) is 5.18. The molecule has 16 heavy (non-hydrogen) atoms. The summed E-state index contributed by atoms with van der Waals surface area (Å²) in [5.74, 6) is 0.520. The van der Waals surface area contributed by atoms with Crippen LogP contribution in [0.5, 0.6) is 0 Å². The van der Waals surface area contributed by atoms with E-state index < -0.39 is 0 Å². The molecule has 0 amide bonds. The van der Waals surface area contributed by atoms with Gasteiger partial charge in [0.15, 0.2) is 0 Å². The summed E-state index contributed by atoms with van der Waals surface area (Å²) in [4.78, 5) is 10.9. The van der Waals surface area contributed by atoms with Gasteiger partial charge in [0.05, 0.1) is 0 Å². The molecule has 0 N–H and O–H groups in total. The van der Waals surface area contributed by atoms with Crippen molar-refractivity contribution in [2.24, 2.45) is 11.3 Å². The number of rotatable bonds is 2. The lowest BCUT2D eigenvalue weighted by Crippen LogP contribution is -2.26. The number of allylic oxidation sites excluding steroid dienone is 2. The minimum Gasteiger partial charge on any atom is -0.303 e. The molecule has 0 aliphatic heterocycles. The fraction of sp³-hybridized carbons (Fsp3) is 0.400. The summed E-state index contributed by atoms with van der Waals surface area (Å²) in [5.41, 5.74) is 1.48. The van der Waals surface area contributed by atoms with Crippen molar-refractivity contribution in [1.82, 2.24) is 0 Å². The Bertz CT molecular complexity index is 389. The van der Waals surface area contributed by atoms with Gasteiger partial charge in [-0.3, -0.25) is 0 Å². The van der Waals surface area contributed by atoms with E-state index >= 15 is 0 Å². The lowest BCUT2D eigenvalue weighted by atomic mass is 9.67. The fourth-order valence-corrected chi connectivity index (χ4v) is 2.49. The topological polar surface area (TPSA) is 17.1 Å². The van der Waals surface area contributed by atoms with Crippen molar-refractivity contribution in [3.8, 4) is 0 Å². The highest BCUT2D eigenvalue weighted by Crippen LogP contribution is 2.44. The van der Waals surface area contributed by atoms with Crippen molar-refractivity contribution in [1.29, 1.82) is 0 Å². The molecule has 0 radical (unpaired) electrons. The summed E-state index contributed by atoms with van der Waals surface area (Å²) in [7, 11) is 0. The third kappa shape index (κ3) is 2.08. The normalized spacial score (nSPS) is 27.6. The zero-order valence-corrected chi connectivity index (χ0v) is 9.89. The Morgan fingerprint density at radius 2 is 1.94 bits per heavy atom. The molecule has 1 aromatic carbocycles. The Labute approximate surface area is 97.2 Å². The highest BCUT2D eigenvalue weighted by Gasteiger charge is 2.33. The molecular formula is C15H18O. The van der Waals surface area contributed by atoms with Gasteiger partial charge in [-0.05, 0) is 23.3 Å². The minimum absolute atomic E-state index is 0.0817. The second-order valence-electron chi connectivity index (χ2n) is 5.18. The molecule has 1 heteroatoms. The van der Waals surface area contributed by atoms with Crippen LogP contribution < -0.4 is 0 Å². The van der Waals surface area contributed by atoms with E-state index in [1.807, 2.05) is 12.1 Å². The van der Waals surface area contributed by atoms with Gasteiger partial charge in [-0.2, -0.15) is 0 Å². The molecule has 0 fully saturated rings. The lowest BCUT2D eigenvalue weighted by molar-refractivity contribution is -0.110. The van der Waals surface area contributed by atoms with E-state index in [1.165, 1.54) is 5.56 Å². The van der Waals surface area contributed by atoms with Gasteiger partial charge in [0.2, 0.25) is 0 Å². The first-order valence-electron chi connectivity index (χ1n) is 5.83. The predicted octanol–water partition coefficient (Wildman–Crippen LogP) is 3.57. The Hall–Kier alpha value is -1.37. The van der Waals surface area contributed by atoms with Crippen LogP contribution in [0.3, 0.4) is 0 Å². The number of carbonyl (C=O) groups excluding carboxylic acids is 1. The van der Waals surface area contributed by atoms with Crippen LogP contribution in [0.15, 0.2) is 42.5 Å². The molecule has 1 aliphatic rings. The van der Waals surface area contributed by atoms with Gasteiger partial charge < -0.3 is 4.79 Å². The number of hydrogen-bond acceptors (Lipinski definition) is 1. The largest absolute Gasteiger partial charge is 0.303 e. The van der Waals surface area contributed by atoms with Gasteiger partial charge in [-0.15, -0.1) is 0 Å². The average Bonchev–Trinajstić information content (AvgIpc) is 2.30. The summed E-state index contributed by atoms with van der Waals surface area (Å²) in [5, 5.41) is 0. The number of benzene rings is 1. The molecular weight excluding hydrogens is 196 g/mol. The van der Waals surface area contributed by atoms with Crippen molar-refractivity contribution in [2.75, 3.05) is 0 Å². The average molecular weight is 214 g/mol. The molecule has 1 nitrogen and oxygen atoms in total. The van der Waals surface area contributed by atoms with Gasteiger partial charge in [0, 0.05) is 5.92 Å². The molecule has 2 atom stereocenters. The highest BCUT2D eigenvalue weighted by molar-refractivity contribution is 5.57. The van der Waals surface area contributed by atoms with Gasteiger partial charge in [0.1, 0.15) is 6.29 Å². The van der Waals surface area contributed by atoms with Gasteiger partial charge in [-0.25, -0.2) is 0 Å². The second kappa shape index (κ2) is 4.25. The molecule has 84 valence electrons. The molecule has 0 saturated heterocycles. The Balaban J connectivity index is 2.33. The van der Waals surface area contributed by atoms with E-state index in [2.05, 4.69) is 44.2 Å². The summed E-state index contributed by atoms with van der Waals surface area (Å²) < 4.78 is 0. The van der Waals surface area contributed by atoms with Crippen molar-refractivity contribution in [3.63, 3.8) is 0 Å². The van der Waals surface area contributed by atoms with E-state index in [0.717, 1.165) is 12.7 Å². The molecule has 0 bridgehead atoms. The van der Waals surface area contributed by atoms with E-state index in [0.29, 0.717) is 5.92 Å². The molecule has 2 unspecified atom stereocenters. The first-order chi connectivity index (χ1) is 7.63. The maximum atomic E-state index is 10.9. The van der Waals surface area contributed by atoms with Gasteiger partial charge in [0.25, 0.3) is 0 Å². The van der Waals surface area contributed by atoms with E-state index in [9.17, 15) is 4.79 Å². The standard InChI is InChI=1S/C15H18O/c1-15(2)9-8-12(11-16)10-14(15)13-6-4-3-5-7-13/h3-9,11-12,14H,10H2,1-2H3. The molecule has 1 aromatic rings. The van der Waals surface area contributed by atoms with Crippen molar-refractivity contribution in [2.45, 2.75) is 26.2 Å². The van der Waals surface area contributed by atoms with Crippen LogP contribution in [-0.4, -0.2) is 6.29 Å². The van der Waals surface area contributed by atoms with Crippen LogP contribution in [0.4, 0.5) is 0 Å². The Morgan fingerprint density at radius 1 is 1.25 bits per heavy atom. The first kappa shape index (κ1) is 11.1. The van der Waals surface area contributed by atoms with E-state index in [1.54, 1.807) is 0 Å². The van der Waals surface area contributed by atoms with Gasteiger partial charge in [-0.1, -0.05) is 56.3 Å². The maximum absolute atomic E-state index is 10.9. The van der Waals surface area contributed by atoms with Gasteiger partial charge >= 0.3 is 0 Å². The quantitative estimate of drug-likeness (QED) is 0.543. The minimum atomic E-state index is 0.0817. The zero-order valence-electron chi connectivity index (χ0n) is 9.89. The molecule has 0 aromatic heterocycles.